The number of aryl methyl sites for hydroxylation is 1. The van der Waals surface area contributed by atoms with Gasteiger partial charge in [-0.05, 0) is 19.1 Å². The van der Waals surface area contributed by atoms with E-state index in [1.165, 1.54) is 10.9 Å². The lowest BCUT2D eigenvalue weighted by atomic mass is 10.1. The summed E-state index contributed by atoms with van der Waals surface area (Å²) in [7, 11) is 0. The van der Waals surface area contributed by atoms with Crippen LogP contribution in [0.25, 0.3) is 16.6 Å². The predicted molar refractivity (Wildman–Crippen MR) is 65.2 cm³/mol. The highest BCUT2D eigenvalue weighted by molar-refractivity contribution is 5.91. The van der Waals surface area contributed by atoms with Crippen molar-refractivity contribution in [3.8, 4) is 11.4 Å². The van der Waals surface area contributed by atoms with E-state index < -0.39 is 5.82 Å². The molecule has 0 aliphatic heterocycles. The second-order valence-electron chi connectivity index (χ2n) is 4.06. The minimum atomic E-state index is -0.405. The van der Waals surface area contributed by atoms with Gasteiger partial charge in [-0.15, -0.1) is 0 Å². The molecule has 1 N–H and O–H groups in total. The number of aromatic nitrogens is 3. The maximum absolute atomic E-state index is 13.0. The zero-order valence-electron chi connectivity index (χ0n) is 9.63. The van der Waals surface area contributed by atoms with Crippen LogP contribution in [0.1, 0.15) is 5.69 Å². The fourth-order valence-electron chi connectivity index (χ4n) is 1.96. The van der Waals surface area contributed by atoms with Crippen LogP contribution in [-0.4, -0.2) is 19.9 Å². The third kappa shape index (κ3) is 1.60. The van der Waals surface area contributed by atoms with E-state index in [2.05, 4.69) is 10.1 Å². The van der Waals surface area contributed by atoms with Crippen LogP contribution in [0, 0.1) is 12.7 Å². The van der Waals surface area contributed by atoms with E-state index in [4.69, 9.17) is 0 Å². The minimum Gasteiger partial charge on any atom is -0.506 e. The average Bonchev–Trinajstić information content (AvgIpc) is 2.76. The molecule has 0 bridgehead atoms. The minimum absolute atomic E-state index is 0.102. The first-order valence-electron chi connectivity index (χ1n) is 5.45. The summed E-state index contributed by atoms with van der Waals surface area (Å²) in [6, 6.07) is 6.91. The topological polar surface area (TPSA) is 50.9 Å². The monoisotopic (exact) mass is 243 g/mol. The molecule has 0 spiro atoms. The summed E-state index contributed by atoms with van der Waals surface area (Å²) in [5, 5.41) is 14.5. The van der Waals surface area contributed by atoms with Crippen molar-refractivity contribution in [2.45, 2.75) is 6.92 Å². The second-order valence-corrected chi connectivity index (χ2v) is 4.06. The highest BCUT2D eigenvalue weighted by Crippen LogP contribution is 2.27. The van der Waals surface area contributed by atoms with Gasteiger partial charge in [0.1, 0.15) is 11.3 Å². The SMILES string of the molecule is Cc1cc(-n2cc(F)cn2)c2cccc(O)c2n1. The van der Waals surface area contributed by atoms with Gasteiger partial charge in [0.2, 0.25) is 0 Å². The lowest BCUT2D eigenvalue weighted by Crippen LogP contribution is -1.98. The van der Waals surface area contributed by atoms with Gasteiger partial charge in [0, 0.05) is 11.1 Å². The van der Waals surface area contributed by atoms with Crippen molar-refractivity contribution in [1.82, 2.24) is 14.8 Å². The number of phenolic OH excluding ortho intramolecular Hbond substituents is 1. The zero-order valence-corrected chi connectivity index (χ0v) is 9.63. The number of pyridine rings is 1. The van der Waals surface area contributed by atoms with Gasteiger partial charge in [0.05, 0.1) is 18.1 Å². The lowest BCUT2D eigenvalue weighted by molar-refractivity contribution is 0.480. The summed E-state index contributed by atoms with van der Waals surface area (Å²) in [4.78, 5) is 4.28. The number of nitrogens with zero attached hydrogens (tertiary/aromatic N) is 3. The third-order valence-electron chi connectivity index (χ3n) is 2.72. The van der Waals surface area contributed by atoms with E-state index >= 15 is 0 Å². The zero-order chi connectivity index (χ0) is 12.7. The summed E-state index contributed by atoms with van der Waals surface area (Å²) in [6.07, 6.45) is 2.43. The molecule has 3 aromatic rings. The molecule has 2 aromatic heterocycles. The molecule has 0 amide bonds. The molecule has 0 unspecified atom stereocenters. The molecule has 3 rings (SSSR count). The van der Waals surface area contributed by atoms with Crippen LogP contribution in [0.3, 0.4) is 0 Å². The Hall–Kier alpha value is -2.43. The van der Waals surface area contributed by atoms with Gasteiger partial charge in [0.15, 0.2) is 5.82 Å². The number of fused-ring (bicyclic) bond motifs is 1. The quantitative estimate of drug-likeness (QED) is 0.714. The van der Waals surface area contributed by atoms with Crippen molar-refractivity contribution >= 4 is 10.9 Å². The normalized spacial score (nSPS) is 11.0. The van der Waals surface area contributed by atoms with Crippen LogP contribution < -0.4 is 0 Å². The van der Waals surface area contributed by atoms with Crippen LogP contribution >= 0.6 is 0 Å². The van der Waals surface area contributed by atoms with Crippen molar-refractivity contribution in [2.24, 2.45) is 0 Å². The van der Waals surface area contributed by atoms with E-state index in [-0.39, 0.29) is 5.75 Å². The van der Waals surface area contributed by atoms with Crippen LogP contribution in [0.15, 0.2) is 36.7 Å². The molecular formula is C13H10FN3O. The second kappa shape index (κ2) is 3.80. The summed E-state index contributed by atoms with van der Waals surface area (Å²) >= 11 is 0. The van der Waals surface area contributed by atoms with Gasteiger partial charge in [-0.3, -0.25) is 0 Å². The molecular weight excluding hydrogens is 233 g/mol. The Morgan fingerprint density at radius 3 is 2.89 bits per heavy atom. The first-order chi connectivity index (χ1) is 8.65. The number of para-hydroxylation sites is 1. The Morgan fingerprint density at radius 2 is 2.17 bits per heavy atom. The molecule has 4 nitrogen and oxygen atoms in total. The number of aromatic hydroxyl groups is 1. The lowest BCUT2D eigenvalue weighted by Gasteiger charge is -2.08. The first-order valence-corrected chi connectivity index (χ1v) is 5.45. The van der Waals surface area contributed by atoms with Crippen molar-refractivity contribution in [2.75, 3.05) is 0 Å². The summed E-state index contributed by atoms with van der Waals surface area (Å²) < 4.78 is 14.5. The van der Waals surface area contributed by atoms with Gasteiger partial charge in [-0.2, -0.15) is 5.10 Å². The van der Waals surface area contributed by atoms with Crippen molar-refractivity contribution in [3.63, 3.8) is 0 Å². The number of halogens is 1. The number of hydrogen-bond donors (Lipinski definition) is 1. The Morgan fingerprint density at radius 1 is 1.33 bits per heavy atom. The molecule has 0 saturated carbocycles. The van der Waals surface area contributed by atoms with Crippen molar-refractivity contribution in [1.29, 1.82) is 0 Å². The van der Waals surface area contributed by atoms with E-state index in [0.29, 0.717) is 11.2 Å². The largest absolute Gasteiger partial charge is 0.506 e. The predicted octanol–water partition coefficient (Wildman–Crippen LogP) is 2.57. The van der Waals surface area contributed by atoms with Crippen LogP contribution in [-0.2, 0) is 0 Å². The maximum atomic E-state index is 13.0. The van der Waals surface area contributed by atoms with Gasteiger partial charge in [-0.1, -0.05) is 12.1 Å². The van der Waals surface area contributed by atoms with Crippen LogP contribution in [0.2, 0.25) is 0 Å². The van der Waals surface area contributed by atoms with Gasteiger partial charge < -0.3 is 5.11 Å². The van der Waals surface area contributed by atoms with E-state index in [0.717, 1.165) is 17.3 Å². The molecule has 2 heterocycles. The Balaban J connectivity index is 2.38. The van der Waals surface area contributed by atoms with Crippen molar-refractivity contribution in [3.05, 3.63) is 48.2 Å². The molecule has 1 aromatic carbocycles. The van der Waals surface area contributed by atoms with E-state index in [9.17, 15) is 9.50 Å². The van der Waals surface area contributed by atoms with E-state index in [1.54, 1.807) is 18.2 Å². The van der Waals surface area contributed by atoms with Gasteiger partial charge >= 0.3 is 0 Å². The average molecular weight is 243 g/mol. The molecule has 18 heavy (non-hydrogen) atoms. The van der Waals surface area contributed by atoms with Gasteiger partial charge in [0.25, 0.3) is 0 Å². The summed E-state index contributed by atoms with van der Waals surface area (Å²) in [5.41, 5.74) is 1.91. The highest BCUT2D eigenvalue weighted by atomic mass is 19.1. The van der Waals surface area contributed by atoms with Gasteiger partial charge in [-0.25, -0.2) is 14.1 Å². The smallest absolute Gasteiger partial charge is 0.161 e. The number of hydrogen-bond acceptors (Lipinski definition) is 3. The molecule has 0 saturated heterocycles. The highest BCUT2D eigenvalue weighted by Gasteiger charge is 2.10. The fourth-order valence-corrected chi connectivity index (χ4v) is 1.96. The summed E-state index contributed by atoms with van der Waals surface area (Å²) in [6.45, 7) is 1.81. The molecule has 0 aliphatic carbocycles. The molecule has 0 aliphatic rings. The van der Waals surface area contributed by atoms with Crippen molar-refractivity contribution < 1.29 is 9.50 Å². The Labute approximate surface area is 102 Å². The Kier molecular flexibility index (Phi) is 2.26. The van der Waals surface area contributed by atoms with Crippen LogP contribution in [0.5, 0.6) is 5.75 Å². The fraction of sp³-hybridized carbons (Fsp3) is 0.0769. The van der Waals surface area contributed by atoms with E-state index in [1.807, 2.05) is 13.0 Å². The Bertz CT molecular complexity index is 736. The molecule has 0 atom stereocenters. The molecule has 90 valence electrons. The third-order valence-corrected chi connectivity index (χ3v) is 2.72. The molecule has 0 radical (unpaired) electrons. The first kappa shape index (κ1) is 10.7. The number of rotatable bonds is 1. The maximum Gasteiger partial charge on any atom is 0.161 e. The van der Waals surface area contributed by atoms with Crippen LogP contribution in [0.4, 0.5) is 4.39 Å². The molecule has 5 heteroatoms. The standard InChI is InChI=1S/C13H10FN3O/c1-8-5-11(17-7-9(14)6-15-17)10-3-2-4-12(18)13(10)16-8/h2-7,18H,1H3. The molecule has 0 fully saturated rings. The number of benzene rings is 1. The number of phenols is 1. The summed E-state index contributed by atoms with van der Waals surface area (Å²) in [5.74, 6) is -0.303.